The van der Waals surface area contributed by atoms with Gasteiger partial charge in [-0.05, 0) is 23.3 Å². The molecule has 2 atom stereocenters. The van der Waals surface area contributed by atoms with Crippen molar-refractivity contribution >= 4 is 5.78 Å². The number of fused-ring (bicyclic) bond motifs is 1. The third kappa shape index (κ3) is 4.72. The van der Waals surface area contributed by atoms with Crippen LogP contribution in [-0.2, 0) is 11.3 Å². The van der Waals surface area contributed by atoms with E-state index in [1.54, 1.807) is 18.2 Å². The molecule has 8 heteroatoms. The highest BCUT2D eigenvalue weighted by Crippen LogP contribution is 2.43. The lowest BCUT2D eigenvalue weighted by Crippen LogP contribution is -2.36. The summed E-state index contributed by atoms with van der Waals surface area (Å²) in [6.45, 7) is 0.267. The van der Waals surface area contributed by atoms with Gasteiger partial charge >= 0.3 is 0 Å². The molecule has 3 aromatic carbocycles. The first-order valence-corrected chi connectivity index (χ1v) is 10.2. The second kappa shape index (κ2) is 9.81. The Bertz CT molecular complexity index is 1130. The van der Waals surface area contributed by atoms with Crippen LogP contribution in [0.15, 0.2) is 60.7 Å². The van der Waals surface area contributed by atoms with Gasteiger partial charge in [0.1, 0.15) is 29.4 Å². The Morgan fingerprint density at radius 1 is 0.970 bits per heavy atom. The summed E-state index contributed by atoms with van der Waals surface area (Å²) < 4.78 is 27.5. The maximum absolute atomic E-state index is 12.9. The summed E-state index contributed by atoms with van der Waals surface area (Å²) in [7, 11) is 2.99. The van der Waals surface area contributed by atoms with Gasteiger partial charge in [0.2, 0.25) is 5.78 Å². The van der Waals surface area contributed by atoms with Gasteiger partial charge in [0.05, 0.1) is 7.11 Å². The molecule has 4 rings (SSSR count). The zero-order valence-electron chi connectivity index (χ0n) is 18.2. The number of benzene rings is 3. The van der Waals surface area contributed by atoms with Gasteiger partial charge in [-0.2, -0.15) is 0 Å². The molecule has 8 nitrogen and oxygen atoms in total. The molecule has 0 aromatic heterocycles. The van der Waals surface area contributed by atoms with E-state index in [2.05, 4.69) is 0 Å². The van der Waals surface area contributed by atoms with Crippen LogP contribution in [-0.4, -0.2) is 43.1 Å². The molecule has 33 heavy (non-hydrogen) atoms. The summed E-state index contributed by atoms with van der Waals surface area (Å²) in [5, 5.41) is 21.0. The summed E-state index contributed by atoms with van der Waals surface area (Å²) in [6.07, 6.45) is -2.54. The van der Waals surface area contributed by atoms with Crippen LogP contribution in [0.4, 0.5) is 0 Å². The van der Waals surface area contributed by atoms with E-state index < -0.39 is 18.0 Å². The summed E-state index contributed by atoms with van der Waals surface area (Å²) in [5.74, 6) is 0.302. The van der Waals surface area contributed by atoms with Crippen molar-refractivity contribution in [3.63, 3.8) is 0 Å². The summed E-state index contributed by atoms with van der Waals surface area (Å²) in [4.78, 5) is 12.9. The molecule has 0 saturated heterocycles. The number of hydrogen-bond acceptors (Lipinski definition) is 8. The number of rotatable bonds is 8. The summed E-state index contributed by atoms with van der Waals surface area (Å²) >= 11 is 0. The minimum Gasteiger partial charge on any atom is -0.507 e. The number of ether oxygens (including phenoxy) is 5. The van der Waals surface area contributed by atoms with E-state index in [0.29, 0.717) is 23.7 Å². The second-order valence-corrected chi connectivity index (χ2v) is 7.40. The summed E-state index contributed by atoms with van der Waals surface area (Å²) in [6, 6.07) is 17.4. The molecule has 3 aromatic rings. The molecule has 0 bridgehead atoms. The van der Waals surface area contributed by atoms with Crippen molar-refractivity contribution in [2.45, 2.75) is 18.8 Å². The zero-order chi connectivity index (χ0) is 23.4. The summed E-state index contributed by atoms with van der Waals surface area (Å²) in [5.41, 5.74) is 1.38. The smallest absolute Gasteiger partial charge is 0.202 e. The van der Waals surface area contributed by atoms with E-state index in [1.165, 1.54) is 26.4 Å². The average molecular weight is 452 g/mol. The van der Waals surface area contributed by atoms with E-state index in [4.69, 9.17) is 23.7 Å². The number of carbonyl (C=O) groups is 1. The van der Waals surface area contributed by atoms with E-state index in [-0.39, 0.29) is 29.6 Å². The highest BCUT2D eigenvalue weighted by Gasteiger charge is 2.39. The standard InChI is InChI=1S/C25H24O8/c1-29-14-32-17-11-18(26)22-21(12-17)33-25(24(28)23(22)27)16-8-9-19(30-2)20(10-16)31-13-15-6-4-3-5-7-15/h3-12,24-26,28H,13-14H2,1-2H3. The third-order valence-electron chi connectivity index (χ3n) is 5.21. The first-order valence-electron chi connectivity index (χ1n) is 10.2. The molecule has 0 radical (unpaired) electrons. The second-order valence-electron chi connectivity index (χ2n) is 7.40. The fourth-order valence-electron chi connectivity index (χ4n) is 3.58. The fraction of sp³-hybridized carbons (Fsp3) is 0.240. The number of hydrogen-bond donors (Lipinski definition) is 2. The molecule has 1 aliphatic rings. The molecule has 0 aliphatic carbocycles. The van der Waals surface area contributed by atoms with Gasteiger partial charge in [-0.25, -0.2) is 0 Å². The predicted octanol–water partition coefficient (Wildman–Crippen LogP) is 3.64. The van der Waals surface area contributed by atoms with Gasteiger partial charge in [-0.1, -0.05) is 36.4 Å². The lowest BCUT2D eigenvalue weighted by atomic mass is 9.92. The van der Waals surface area contributed by atoms with Crippen LogP contribution in [0, 0.1) is 0 Å². The first kappa shape index (κ1) is 22.4. The van der Waals surface area contributed by atoms with Crippen molar-refractivity contribution in [1.82, 2.24) is 0 Å². The van der Waals surface area contributed by atoms with E-state index in [9.17, 15) is 15.0 Å². The van der Waals surface area contributed by atoms with Gasteiger partial charge in [0.15, 0.2) is 30.5 Å². The molecule has 0 amide bonds. The van der Waals surface area contributed by atoms with E-state index in [1.807, 2.05) is 30.3 Å². The Labute approximate surface area is 190 Å². The number of ketones is 1. The quantitative estimate of drug-likeness (QED) is 0.500. The van der Waals surface area contributed by atoms with Crippen LogP contribution in [0.2, 0.25) is 0 Å². The molecule has 2 N–H and O–H groups in total. The van der Waals surface area contributed by atoms with Crippen LogP contribution >= 0.6 is 0 Å². The van der Waals surface area contributed by atoms with Crippen molar-refractivity contribution in [1.29, 1.82) is 0 Å². The van der Waals surface area contributed by atoms with Gasteiger partial charge in [-0.3, -0.25) is 4.79 Å². The predicted molar refractivity (Wildman–Crippen MR) is 118 cm³/mol. The third-order valence-corrected chi connectivity index (χ3v) is 5.21. The fourth-order valence-corrected chi connectivity index (χ4v) is 3.58. The minimum absolute atomic E-state index is 0.0428. The average Bonchev–Trinajstić information content (AvgIpc) is 2.83. The number of phenolic OH excluding ortho intramolecular Hbond substituents is 1. The van der Waals surface area contributed by atoms with Crippen molar-refractivity contribution in [2.24, 2.45) is 0 Å². The molecule has 0 saturated carbocycles. The van der Waals surface area contributed by atoms with Gasteiger partial charge in [0.25, 0.3) is 0 Å². The van der Waals surface area contributed by atoms with Crippen molar-refractivity contribution in [3.8, 4) is 28.7 Å². The van der Waals surface area contributed by atoms with Crippen molar-refractivity contribution < 1.29 is 38.7 Å². The minimum atomic E-state index is -1.52. The Morgan fingerprint density at radius 3 is 2.48 bits per heavy atom. The molecule has 0 fully saturated rings. The van der Waals surface area contributed by atoms with Gasteiger partial charge < -0.3 is 33.9 Å². The SMILES string of the molecule is COCOc1cc(O)c2c(c1)OC(c1ccc(OC)c(OCc3ccccc3)c1)C(O)C2=O. The largest absolute Gasteiger partial charge is 0.507 e. The number of carbonyl (C=O) groups excluding carboxylic acids is 1. The van der Waals surface area contributed by atoms with Crippen LogP contribution in [0.3, 0.4) is 0 Å². The molecule has 1 aliphatic heterocycles. The lowest BCUT2D eigenvalue weighted by molar-refractivity contribution is 0.0203. The Hall–Kier alpha value is -3.75. The first-order chi connectivity index (χ1) is 16.0. The molecule has 2 unspecified atom stereocenters. The Balaban J connectivity index is 1.63. The monoisotopic (exact) mass is 452 g/mol. The van der Waals surface area contributed by atoms with Crippen molar-refractivity contribution in [2.75, 3.05) is 21.0 Å². The Morgan fingerprint density at radius 2 is 1.76 bits per heavy atom. The topological polar surface area (TPSA) is 104 Å². The highest BCUT2D eigenvalue weighted by molar-refractivity contribution is 6.05. The van der Waals surface area contributed by atoms with Crippen LogP contribution in [0.25, 0.3) is 0 Å². The molecule has 1 heterocycles. The highest BCUT2D eigenvalue weighted by atomic mass is 16.7. The Kier molecular flexibility index (Phi) is 6.67. The van der Waals surface area contributed by atoms with Crippen LogP contribution in [0.1, 0.15) is 27.6 Å². The number of aliphatic hydroxyl groups excluding tert-OH is 1. The zero-order valence-corrected chi connectivity index (χ0v) is 18.2. The number of aromatic hydroxyl groups is 1. The maximum Gasteiger partial charge on any atom is 0.202 e. The normalized spacial score (nSPS) is 17.1. The van der Waals surface area contributed by atoms with E-state index >= 15 is 0 Å². The maximum atomic E-state index is 12.9. The lowest BCUT2D eigenvalue weighted by Gasteiger charge is -2.30. The van der Waals surface area contributed by atoms with Crippen LogP contribution < -0.4 is 18.9 Å². The number of aliphatic hydroxyl groups is 1. The van der Waals surface area contributed by atoms with Crippen LogP contribution in [0.5, 0.6) is 28.7 Å². The van der Waals surface area contributed by atoms with Gasteiger partial charge in [0, 0.05) is 19.2 Å². The van der Waals surface area contributed by atoms with Crippen molar-refractivity contribution in [3.05, 3.63) is 77.4 Å². The number of Topliss-reactive ketones (excluding diaryl/α,β-unsaturated/α-hetero) is 1. The molecule has 172 valence electrons. The van der Waals surface area contributed by atoms with E-state index in [0.717, 1.165) is 5.56 Å². The number of methoxy groups -OCH3 is 2. The molecular formula is C25H24O8. The molecule has 0 spiro atoms. The van der Waals surface area contributed by atoms with Gasteiger partial charge in [-0.15, -0.1) is 0 Å². The number of phenols is 1. The molecular weight excluding hydrogens is 428 g/mol.